The Balaban J connectivity index is 0.000000803. The number of azo groups is 2. The minimum absolute atomic E-state index is 0.0576. The maximum absolute atomic E-state index is 12.6. The summed E-state index contributed by atoms with van der Waals surface area (Å²) >= 11 is 3.15. The number of allylic oxidation sites excluding steroid dienone is 2. The molecule has 0 atom stereocenters. The third-order valence-corrected chi connectivity index (χ3v) is 17.5. The fraction of sp³-hybridized carbons (Fsp3) is 0.527. The van der Waals surface area contributed by atoms with Crippen LogP contribution >= 0.6 is 23.5 Å². The molecule has 0 fully saturated rings. The number of aliphatic carboxylic acids is 2. The van der Waals surface area contributed by atoms with Crippen LogP contribution in [0, 0.1) is 21.7 Å². The number of hydrogen-bond acceptors (Lipinski definition) is 20. The van der Waals surface area contributed by atoms with Crippen molar-refractivity contribution < 1.29 is 77.7 Å². The summed E-state index contributed by atoms with van der Waals surface area (Å²) in [7, 11) is 0. The molecule has 22 nitrogen and oxygen atoms in total. The zero-order valence-corrected chi connectivity index (χ0v) is 61.7. The van der Waals surface area contributed by atoms with E-state index in [9.17, 15) is 43.8 Å². The Kier molecular flexibility index (Phi) is 43.4. The summed E-state index contributed by atoms with van der Waals surface area (Å²) in [5, 5.41) is 57.8. The summed E-state index contributed by atoms with van der Waals surface area (Å²) in [6.07, 6.45) is 13.1. The predicted molar refractivity (Wildman–Crippen MR) is 390 cm³/mol. The molecule has 2 amide bonds. The Morgan fingerprint density at radius 3 is 1.15 bits per heavy atom. The molecule has 0 unspecified atom stereocenters. The van der Waals surface area contributed by atoms with E-state index in [0.29, 0.717) is 59.4 Å². The lowest BCUT2D eigenvalue weighted by atomic mass is 9.91. The van der Waals surface area contributed by atoms with Gasteiger partial charge in [0, 0.05) is 22.9 Å². The van der Waals surface area contributed by atoms with Crippen LogP contribution in [0.4, 0.5) is 22.7 Å². The first kappa shape index (κ1) is 87.8. The van der Waals surface area contributed by atoms with E-state index in [1.807, 2.05) is 39.8 Å². The molecule has 0 aliphatic carbocycles. The number of amides is 2. The Labute approximate surface area is 589 Å². The summed E-state index contributed by atoms with van der Waals surface area (Å²) in [5.41, 5.74) is -0.726. The van der Waals surface area contributed by atoms with Crippen molar-refractivity contribution in [3.63, 3.8) is 0 Å². The summed E-state index contributed by atoms with van der Waals surface area (Å²) in [5.74, 6) is -0.531. The van der Waals surface area contributed by atoms with Crippen LogP contribution < -0.4 is 20.1 Å². The van der Waals surface area contributed by atoms with E-state index in [1.54, 1.807) is 150 Å². The first-order valence-electron chi connectivity index (χ1n) is 33.3. The number of carboxylic acids is 2. The smallest absolute Gasteiger partial charge is 0.315 e. The summed E-state index contributed by atoms with van der Waals surface area (Å²) in [6, 6.07) is 31.1. The third-order valence-electron chi connectivity index (χ3n) is 14.6. The quantitative estimate of drug-likeness (QED) is 0.00602. The van der Waals surface area contributed by atoms with Gasteiger partial charge in [-0.25, -0.2) is 0 Å². The number of carboxylic acid groups (broad SMARTS) is 2. The lowest BCUT2D eigenvalue weighted by molar-refractivity contribution is -0.154. The second-order valence-electron chi connectivity index (χ2n) is 25.3. The fourth-order valence-corrected chi connectivity index (χ4v) is 9.44. The number of nitrogens with zero attached hydrogens (tertiary/aromatic N) is 4. The molecule has 0 heterocycles. The van der Waals surface area contributed by atoms with Crippen LogP contribution in [0.15, 0.2) is 153 Å². The van der Waals surface area contributed by atoms with Gasteiger partial charge in [-0.05, 0) is 173 Å². The number of thioether (sulfide) groups is 2. The van der Waals surface area contributed by atoms with E-state index >= 15 is 0 Å². The van der Waals surface area contributed by atoms with Gasteiger partial charge in [-0.3, -0.25) is 33.6 Å². The highest BCUT2D eigenvalue weighted by atomic mass is 32.2. The van der Waals surface area contributed by atoms with Crippen LogP contribution in [-0.4, -0.2) is 118 Å². The fourth-order valence-electron chi connectivity index (χ4n) is 7.28. The molecule has 542 valence electrons. The second-order valence-corrected chi connectivity index (χ2v) is 27.4. The van der Waals surface area contributed by atoms with Crippen LogP contribution in [-0.2, 0) is 47.8 Å². The normalized spacial score (nSPS) is 12.0. The van der Waals surface area contributed by atoms with Crippen molar-refractivity contribution in [2.75, 3.05) is 66.7 Å². The lowest BCUT2D eigenvalue weighted by Gasteiger charge is -2.22. The molecule has 4 aromatic carbocycles. The Morgan fingerprint density at radius 2 is 0.796 bits per heavy atom. The number of aliphatic hydroxyl groups is 2. The number of rotatable bonds is 40. The van der Waals surface area contributed by atoms with Gasteiger partial charge in [0.1, 0.15) is 49.4 Å². The largest absolute Gasteiger partial charge is 0.510 e. The van der Waals surface area contributed by atoms with Crippen molar-refractivity contribution in [2.24, 2.45) is 42.1 Å². The highest BCUT2D eigenvalue weighted by Gasteiger charge is 2.31. The van der Waals surface area contributed by atoms with Crippen molar-refractivity contribution in [1.82, 2.24) is 0 Å². The van der Waals surface area contributed by atoms with Gasteiger partial charge in [0.05, 0.1) is 45.4 Å². The molecule has 4 rings (SSSR count). The number of anilines is 2. The SMILES string of the molecule is CCC(C)(C)C(=O)O.CCC(C)(C)C(=O)O.CCCCCCCCOC(=O)CSCC(C)(C)C(=O)OCCOc1ccc(NC(=O)C(N=Nc2ccccc2)=C(C)O)cc1.CCCCCCSCC(C)(C)C(=O)OCCOc1ccc(NC(=O)C(N=Nc2ccccc2)=C(C)O)cc1. The van der Waals surface area contributed by atoms with Gasteiger partial charge in [-0.2, -0.15) is 22.0 Å². The molecule has 98 heavy (non-hydrogen) atoms. The number of nitrogens with one attached hydrogen (secondary N) is 2. The van der Waals surface area contributed by atoms with Gasteiger partial charge in [0.2, 0.25) is 0 Å². The van der Waals surface area contributed by atoms with Crippen LogP contribution in [0.25, 0.3) is 0 Å². The minimum atomic E-state index is -0.773. The van der Waals surface area contributed by atoms with E-state index < -0.39 is 45.4 Å². The van der Waals surface area contributed by atoms with Crippen molar-refractivity contribution >= 4 is 87.9 Å². The Hall–Kier alpha value is -8.25. The number of esters is 3. The van der Waals surface area contributed by atoms with Crippen LogP contribution in [0.5, 0.6) is 11.5 Å². The highest BCUT2D eigenvalue weighted by molar-refractivity contribution is 8.00. The topological polar surface area (TPSA) is 320 Å². The summed E-state index contributed by atoms with van der Waals surface area (Å²) < 4.78 is 27.4. The predicted octanol–water partition coefficient (Wildman–Crippen LogP) is 18.3. The molecule has 0 saturated heterocycles. The van der Waals surface area contributed by atoms with Crippen molar-refractivity contribution in [3.8, 4) is 11.5 Å². The molecular weight excluding hydrogens is 1290 g/mol. The van der Waals surface area contributed by atoms with Gasteiger partial charge in [-0.1, -0.05) is 115 Å². The van der Waals surface area contributed by atoms with E-state index in [0.717, 1.165) is 24.3 Å². The molecule has 0 bridgehead atoms. The van der Waals surface area contributed by atoms with Crippen molar-refractivity contribution in [3.05, 3.63) is 132 Å². The minimum Gasteiger partial charge on any atom is -0.510 e. The standard InChI is InChI=1S/C33H45N3O7S.C29H39N3O5S.2C6H12O2/c1-5-6-7-8-9-13-20-42-29(38)23-44-24-33(3,4)32(40)43-22-21-41-28-18-16-26(17-19-28)34-31(39)30(25(2)37)36-35-27-14-11-10-12-15-27;1-5-6-7-11-20-38-21-29(3,4)28(35)37-19-18-36-25-16-14-23(15-17-25)30-27(34)26(22(2)33)32-31-24-12-9-8-10-13-24;2*1-4-6(2,3)5(7)8/h10-12,14-19,37H,5-9,13,20-24H2,1-4H3,(H,34,39);8-10,12-17,33H,5-7,11,18-21H2,1-4H3,(H,30,34);2*4H2,1-3H3,(H,7,8). The zero-order chi connectivity index (χ0) is 73.6. The van der Waals surface area contributed by atoms with E-state index in [2.05, 4.69) is 44.9 Å². The first-order chi connectivity index (χ1) is 46.4. The number of aliphatic hydroxyl groups excluding tert-OH is 2. The van der Waals surface area contributed by atoms with E-state index in [1.165, 1.54) is 77.0 Å². The first-order valence-corrected chi connectivity index (χ1v) is 35.6. The molecular formula is C74H108N6O16S2. The third kappa shape index (κ3) is 38.6. The molecule has 0 aliphatic rings. The average Bonchev–Trinajstić information content (AvgIpc) is 0.908. The van der Waals surface area contributed by atoms with E-state index in [4.69, 9.17) is 33.9 Å². The molecule has 4 aromatic rings. The van der Waals surface area contributed by atoms with Gasteiger partial charge in [0.15, 0.2) is 11.4 Å². The number of unbranched alkanes of at least 4 members (excludes halogenated alkanes) is 8. The molecule has 0 aromatic heterocycles. The van der Waals surface area contributed by atoms with Gasteiger partial charge in [0.25, 0.3) is 11.8 Å². The number of benzene rings is 4. The monoisotopic (exact) mass is 1400 g/mol. The number of hydrogen-bond donors (Lipinski definition) is 6. The maximum atomic E-state index is 12.6. The molecule has 6 N–H and O–H groups in total. The van der Waals surface area contributed by atoms with E-state index in [-0.39, 0.29) is 73.0 Å². The second kappa shape index (κ2) is 48.5. The molecule has 0 saturated carbocycles. The molecule has 0 aliphatic heterocycles. The van der Waals surface area contributed by atoms with Crippen LogP contribution in [0.1, 0.15) is 174 Å². The molecule has 24 heteroatoms. The zero-order valence-electron chi connectivity index (χ0n) is 60.0. The Morgan fingerprint density at radius 1 is 0.429 bits per heavy atom. The number of ether oxygens (including phenoxy) is 5. The average molecular weight is 1400 g/mol. The Bertz CT molecular complexity index is 3100. The van der Waals surface area contributed by atoms with Crippen molar-refractivity contribution in [2.45, 2.75) is 174 Å². The lowest BCUT2D eigenvalue weighted by Crippen LogP contribution is -2.30. The summed E-state index contributed by atoms with van der Waals surface area (Å²) in [6.45, 7) is 26.1. The van der Waals surface area contributed by atoms with Gasteiger partial charge in [-0.15, -0.1) is 22.0 Å². The van der Waals surface area contributed by atoms with Gasteiger partial charge >= 0.3 is 29.8 Å². The molecule has 0 radical (unpaired) electrons. The number of carbonyl (C=O) groups is 7. The maximum Gasteiger partial charge on any atom is 0.315 e. The highest BCUT2D eigenvalue weighted by Crippen LogP contribution is 2.28. The summed E-state index contributed by atoms with van der Waals surface area (Å²) in [4.78, 5) is 82.7. The van der Waals surface area contributed by atoms with Crippen LogP contribution in [0.2, 0.25) is 0 Å². The van der Waals surface area contributed by atoms with Gasteiger partial charge < -0.3 is 54.7 Å². The van der Waals surface area contributed by atoms with Crippen LogP contribution in [0.3, 0.4) is 0 Å². The number of carbonyl (C=O) groups excluding carboxylic acids is 5. The molecule has 0 spiro atoms. The van der Waals surface area contributed by atoms with Crippen molar-refractivity contribution in [1.29, 1.82) is 0 Å².